The fraction of sp³-hybridized carbons (Fsp3) is 0.526. The zero-order chi connectivity index (χ0) is 14.4. The second-order valence-electron chi connectivity index (χ2n) is 12.3. The first-order chi connectivity index (χ1) is 10.9. The molecule has 116 valence electrons. The summed E-state index contributed by atoms with van der Waals surface area (Å²) in [6.45, 7) is -3.24. The summed E-state index contributed by atoms with van der Waals surface area (Å²) in [5.74, 6) is 1.17. The van der Waals surface area contributed by atoms with Gasteiger partial charge in [-0.05, 0) is 0 Å². The Morgan fingerprint density at radius 3 is 2.13 bits per heavy atom. The van der Waals surface area contributed by atoms with E-state index in [1.807, 2.05) is 18.2 Å². The summed E-state index contributed by atoms with van der Waals surface area (Å²) in [5, 5.41) is 1.28. The van der Waals surface area contributed by atoms with Gasteiger partial charge in [0.05, 0.1) is 0 Å². The Balaban J connectivity index is 1.36. The van der Waals surface area contributed by atoms with Gasteiger partial charge in [0.1, 0.15) is 0 Å². The normalized spacial score (nSPS) is 91.3. The molecule has 4 unspecified atom stereocenters. The van der Waals surface area contributed by atoms with Crippen LogP contribution >= 0.6 is 11.6 Å². The summed E-state index contributed by atoms with van der Waals surface area (Å²) in [6.07, 6.45) is 0. The van der Waals surface area contributed by atoms with Gasteiger partial charge < -0.3 is 0 Å². The standard InChI is InChI=1S/C14H8ClO2.C5H5.Fe/c15-10-5-6-13-11(7-10)12(16)8-14(17-13)9-3-1-2-4-9;1-2-4-5-3-1;/h1-8H;1-5H;. The van der Waals surface area contributed by atoms with Crippen LogP contribution in [0.1, 0.15) is 5.76 Å². The van der Waals surface area contributed by atoms with Gasteiger partial charge in [-0.15, -0.1) is 0 Å². The predicted octanol–water partition coefficient (Wildman–Crippen LogP) is 5.24. The molecule has 2 nitrogen and oxygen atoms in total. The van der Waals surface area contributed by atoms with E-state index in [9.17, 15) is 4.79 Å². The van der Waals surface area contributed by atoms with Gasteiger partial charge in [-0.3, -0.25) is 0 Å². The van der Waals surface area contributed by atoms with E-state index < -0.39 is 6.51 Å². The Hall–Kier alpha value is -0.761. The van der Waals surface area contributed by atoms with Crippen LogP contribution in [-0.2, 0) is 10.8 Å². The topological polar surface area (TPSA) is 30.2 Å². The van der Waals surface area contributed by atoms with Crippen LogP contribution in [-0.4, -0.2) is 0 Å². The van der Waals surface area contributed by atoms with Gasteiger partial charge in [0, 0.05) is 0 Å². The van der Waals surface area contributed by atoms with Crippen molar-refractivity contribution in [1.82, 2.24) is 0 Å². The first kappa shape index (κ1) is 9.08. The van der Waals surface area contributed by atoms with Crippen molar-refractivity contribution in [3.05, 3.63) is 45.3 Å². The molecule has 10 fully saturated rings. The Labute approximate surface area is 126 Å². The molecule has 2 aromatic rings. The van der Waals surface area contributed by atoms with Crippen molar-refractivity contribution in [3.8, 4) is 0 Å². The zero-order valence-electron chi connectivity index (χ0n) is 12.1. The Morgan fingerprint density at radius 2 is 1.61 bits per heavy atom. The van der Waals surface area contributed by atoms with Crippen molar-refractivity contribution in [2.45, 2.75) is 47.7 Å². The number of halogens is 1. The Morgan fingerprint density at radius 1 is 0.957 bits per heavy atom. The minimum atomic E-state index is -3.24. The molecule has 0 aliphatic carbocycles. The van der Waals surface area contributed by atoms with E-state index in [1.165, 1.54) is 39.5 Å². The fourth-order valence-corrected chi connectivity index (χ4v) is 92.3. The van der Waals surface area contributed by atoms with Crippen LogP contribution in [0.2, 0.25) is 48.4 Å². The molecule has 0 amide bonds. The van der Waals surface area contributed by atoms with Crippen LogP contribution in [0.4, 0.5) is 0 Å². The third-order valence-electron chi connectivity index (χ3n) is 16.7. The molecule has 12 rings (SSSR count). The number of rotatable bonds is 1. The summed E-state index contributed by atoms with van der Waals surface area (Å²) in [5.41, 5.74) is 0.910. The summed E-state index contributed by atoms with van der Waals surface area (Å²) in [6, 6.07) is 7.45. The molecule has 10 aliphatic rings. The third-order valence-corrected chi connectivity index (χ3v) is 59.3. The van der Waals surface area contributed by atoms with Gasteiger partial charge in [0.15, 0.2) is 0 Å². The number of fused-ring (bicyclic) bond motifs is 11. The fourth-order valence-electron chi connectivity index (χ4n) is 18.2. The molecular formula is C19H13ClFeO2. The minimum absolute atomic E-state index is 0.139. The van der Waals surface area contributed by atoms with Gasteiger partial charge in [-0.2, -0.15) is 0 Å². The molecule has 23 heavy (non-hydrogen) atoms. The van der Waals surface area contributed by atoms with E-state index in [4.69, 9.17) is 16.0 Å². The average Bonchev–Trinajstić information content (AvgIpc) is 3.47. The summed E-state index contributed by atoms with van der Waals surface area (Å²) in [4.78, 5) is 23.8. The monoisotopic (exact) mass is 364 g/mol. The van der Waals surface area contributed by atoms with Gasteiger partial charge in [0.2, 0.25) is 0 Å². The van der Waals surface area contributed by atoms with Crippen LogP contribution < -0.4 is 5.43 Å². The quantitative estimate of drug-likeness (QED) is 0.648. The van der Waals surface area contributed by atoms with Crippen molar-refractivity contribution in [3.63, 3.8) is 0 Å². The van der Waals surface area contributed by atoms with Gasteiger partial charge in [0.25, 0.3) is 0 Å². The van der Waals surface area contributed by atoms with Crippen LogP contribution in [0, 0.1) is 0 Å². The van der Waals surface area contributed by atoms with E-state index in [0.29, 0.717) is 14.7 Å². The van der Waals surface area contributed by atoms with Gasteiger partial charge >= 0.3 is 126 Å². The number of benzene rings is 1. The molecule has 4 heteroatoms. The molecule has 0 saturated carbocycles. The van der Waals surface area contributed by atoms with Gasteiger partial charge in [-0.25, -0.2) is 0 Å². The SMILES string of the molecule is O=c1cc([C]23[CH]4[CH]5[CH]6[CH]2[Fe]56432789[CH]3[CH]2[CH]7[CH]8[CH]39)oc2ccc(Cl)cc12. The maximum atomic E-state index is 12.8. The van der Waals surface area contributed by atoms with Crippen LogP contribution in [0.5, 0.6) is 0 Å². The molecule has 11 heterocycles. The molecule has 10 saturated heterocycles. The predicted molar refractivity (Wildman–Crippen MR) is 82.9 cm³/mol. The Kier molecular flexibility index (Phi) is 0.363. The third kappa shape index (κ3) is 0.133. The first-order valence-electron chi connectivity index (χ1n) is 8.87. The van der Waals surface area contributed by atoms with Crippen molar-refractivity contribution in [1.29, 1.82) is 0 Å². The second-order valence-corrected chi connectivity index (χ2v) is 36.3. The molecule has 10 aliphatic heterocycles. The number of hydrogen-bond acceptors (Lipinski definition) is 2. The molecule has 0 bridgehead atoms. The van der Waals surface area contributed by atoms with Gasteiger partial charge in [-0.1, -0.05) is 0 Å². The second kappa shape index (κ2) is 0.920. The van der Waals surface area contributed by atoms with Crippen molar-refractivity contribution in [2.24, 2.45) is 0 Å². The molecule has 1 aromatic carbocycles. The summed E-state index contributed by atoms with van der Waals surface area (Å²) < 4.78 is 7.02. The van der Waals surface area contributed by atoms with Crippen molar-refractivity contribution in [2.75, 3.05) is 0 Å². The van der Waals surface area contributed by atoms with E-state index in [-0.39, 0.29) is 5.43 Å². The van der Waals surface area contributed by atoms with E-state index in [1.54, 1.807) is 6.07 Å². The van der Waals surface area contributed by atoms with Crippen LogP contribution in [0.15, 0.2) is 33.5 Å². The van der Waals surface area contributed by atoms with Crippen molar-refractivity contribution < 1.29 is 10.9 Å². The Bertz CT molecular complexity index is 1510. The summed E-state index contributed by atoms with van der Waals surface area (Å²) in [7, 11) is 0. The van der Waals surface area contributed by atoms with Crippen molar-refractivity contribution >= 4 is 22.6 Å². The van der Waals surface area contributed by atoms with E-state index >= 15 is 0 Å². The summed E-state index contributed by atoms with van der Waals surface area (Å²) >= 11 is 6.07. The molecule has 0 N–H and O–H groups in total. The average molecular weight is 365 g/mol. The molecule has 4 atom stereocenters. The molecular weight excluding hydrogens is 352 g/mol. The van der Waals surface area contributed by atoms with E-state index in [0.717, 1.165) is 15.2 Å². The van der Waals surface area contributed by atoms with Crippen LogP contribution in [0.3, 0.4) is 0 Å². The molecule has 0 radical (unpaired) electrons. The first-order valence-corrected chi connectivity index (χ1v) is 15.5. The molecule has 1 spiro atoms. The zero-order valence-corrected chi connectivity index (χ0v) is 13.9. The van der Waals surface area contributed by atoms with Crippen LogP contribution in [0.25, 0.3) is 11.0 Å². The maximum absolute atomic E-state index is 12.8. The molecule has 1 aromatic heterocycles. The van der Waals surface area contributed by atoms with E-state index in [2.05, 4.69) is 0 Å². The number of hydrogen-bond donors (Lipinski definition) is 0.